The number of hydrogen-bond donors (Lipinski definition) is 1. The third-order valence-corrected chi connectivity index (χ3v) is 5.41. The molecule has 1 N–H and O–H groups in total. The average molecular weight is 251 g/mol. The van der Waals surface area contributed by atoms with Gasteiger partial charge in [0.15, 0.2) is 0 Å². The minimum absolute atomic E-state index is 0.00778. The van der Waals surface area contributed by atoms with Crippen molar-refractivity contribution in [3.05, 3.63) is 0 Å². The molecule has 2 atom stereocenters. The normalized spacial score (nSPS) is 37.9. The highest BCUT2D eigenvalue weighted by atomic mass is 16.4. The van der Waals surface area contributed by atoms with Gasteiger partial charge in [-0.3, -0.25) is 9.69 Å². The number of nitrogens with zero attached hydrogens (tertiary/aromatic N) is 1. The summed E-state index contributed by atoms with van der Waals surface area (Å²) in [5, 5.41) is 9.31. The Bertz CT molecular complexity index is 320. The molecule has 0 radical (unpaired) electrons. The molecule has 1 saturated heterocycles. The Balaban J connectivity index is 1.76. The molecule has 1 aliphatic heterocycles. The Hall–Kier alpha value is -0.570. The summed E-state index contributed by atoms with van der Waals surface area (Å²) in [5.41, 5.74) is 0.00778. The first-order chi connectivity index (χ1) is 8.70. The molecule has 0 amide bonds. The van der Waals surface area contributed by atoms with Crippen LogP contribution in [0.15, 0.2) is 0 Å². The number of likely N-dealkylation sites (tertiary alicyclic amines) is 1. The van der Waals surface area contributed by atoms with Crippen molar-refractivity contribution in [1.29, 1.82) is 0 Å². The van der Waals surface area contributed by atoms with E-state index in [-0.39, 0.29) is 5.54 Å². The molecule has 3 rings (SSSR count). The van der Waals surface area contributed by atoms with Gasteiger partial charge in [0.25, 0.3) is 0 Å². The second-order valence-electron chi connectivity index (χ2n) is 6.68. The fraction of sp³-hybridized carbons (Fsp3) is 0.933. The molecule has 102 valence electrons. The minimum atomic E-state index is -0.599. The summed E-state index contributed by atoms with van der Waals surface area (Å²) in [5.74, 6) is 1.15. The summed E-state index contributed by atoms with van der Waals surface area (Å²) >= 11 is 0. The number of carbonyl (C=O) groups is 1. The molecule has 3 heteroatoms. The van der Waals surface area contributed by atoms with Crippen LogP contribution in [0.3, 0.4) is 0 Å². The Kier molecular flexibility index (Phi) is 3.35. The van der Waals surface area contributed by atoms with Gasteiger partial charge >= 0.3 is 5.97 Å². The third kappa shape index (κ3) is 2.42. The van der Waals surface area contributed by atoms with E-state index in [4.69, 9.17) is 0 Å². The molecule has 3 nitrogen and oxygen atoms in total. The first-order valence-electron chi connectivity index (χ1n) is 7.66. The van der Waals surface area contributed by atoms with Crippen LogP contribution in [-0.4, -0.2) is 34.6 Å². The smallest absolute Gasteiger partial charge is 0.305 e. The molecule has 3 fully saturated rings. The van der Waals surface area contributed by atoms with Gasteiger partial charge in [-0.1, -0.05) is 12.8 Å². The second-order valence-corrected chi connectivity index (χ2v) is 6.68. The highest BCUT2D eigenvalue weighted by molar-refractivity contribution is 5.68. The number of aliphatic carboxylic acids is 1. The summed E-state index contributed by atoms with van der Waals surface area (Å²) in [6, 6.07) is 0. The molecule has 0 spiro atoms. The molecule has 2 saturated carbocycles. The van der Waals surface area contributed by atoms with E-state index >= 15 is 0 Å². The van der Waals surface area contributed by atoms with Crippen molar-refractivity contribution in [2.24, 2.45) is 11.8 Å². The number of carboxylic acid groups (broad SMARTS) is 1. The van der Waals surface area contributed by atoms with Gasteiger partial charge in [-0.15, -0.1) is 0 Å². The Morgan fingerprint density at radius 1 is 1.11 bits per heavy atom. The molecule has 2 unspecified atom stereocenters. The molecular weight excluding hydrogens is 226 g/mol. The molecule has 3 aliphatic rings. The van der Waals surface area contributed by atoms with Crippen LogP contribution in [0.4, 0.5) is 0 Å². The van der Waals surface area contributed by atoms with Gasteiger partial charge in [0.05, 0.1) is 6.42 Å². The van der Waals surface area contributed by atoms with Crippen LogP contribution in [-0.2, 0) is 4.79 Å². The quantitative estimate of drug-likeness (QED) is 0.835. The average Bonchev–Trinajstić information content (AvgIpc) is 3.03. The first-order valence-corrected chi connectivity index (χ1v) is 7.66. The number of carboxylic acids is 1. The van der Waals surface area contributed by atoms with Crippen molar-refractivity contribution >= 4 is 5.97 Å². The van der Waals surface area contributed by atoms with Gasteiger partial charge in [-0.05, 0) is 63.5 Å². The van der Waals surface area contributed by atoms with Gasteiger partial charge in [0, 0.05) is 5.54 Å². The van der Waals surface area contributed by atoms with Crippen LogP contribution in [0.1, 0.15) is 57.8 Å². The summed E-state index contributed by atoms with van der Waals surface area (Å²) in [4.78, 5) is 13.8. The first kappa shape index (κ1) is 12.5. The summed E-state index contributed by atoms with van der Waals surface area (Å²) in [6.45, 7) is 2.26. The lowest BCUT2D eigenvalue weighted by Crippen LogP contribution is -2.52. The molecule has 1 heterocycles. The third-order valence-electron chi connectivity index (χ3n) is 5.41. The lowest BCUT2D eigenvalue weighted by atomic mass is 9.71. The second kappa shape index (κ2) is 4.84. The van der Waals surface area contributed by atoms with Gasteiger partial charge in [-0.2, -0.15) is 0 Å². The van der Waals surface area contributed by atoms with E-state index in [2.05, 4.69) is 4.90 Å². The summed E-state index contributed by atoms with van der Waals surface area (Å²) < 4.78 is 0. The van der Waals surface area contributed by atoms with E-state index in [1.807, 2.05) is 0 Å². The standard InChI is InChI=1S/C15H25NO2/c17-14(18)11-15(16-8-1-2-9-16)7-3-4-13(10-15)12-5-6-12/h12-13H,1-11H2,(H,17,18). The lowest BCUT2D eigenvalue weighted by molar-refractivity contribution is -0.141. The van der Waals surface area contributed by atoms with Gasteiger partial charge in [0.2, 0.25) is 0 Å². The van der Waals surface area contributed by atoms with Crippen LogP contribution in [0, 0.1) is 11.8 Å². The Labute approximate surface area is 110 Å². The molecular formula is C15H25NO2. The van der Waals surface area contributed by atoms with E-state index in [0.29, 0.717) is 6.42 Å². The SMILES string of the molecule is O=C(O)CC1(N2CCCC2)CCCC(C2CC2)C1. The van der Waals surface area contributed by atoms with Gasteiger partial charge < -0.3 is 5.11 Å². The fourth-order valence-electron chi connectivity index (χ4n) is 4.39. The van der Waals surface area contributed by atoms with Crippen molar-refractivity contribution in [2.75, 3.05) is 13.1 Å². The highest BCUT2D eigenvalue weighted by Crippen LogP contribution is 2.49. The topological polar surface area (TPSA) is 40.5 Å². The summed E-state index contributed by atoms with van der Waals surface area (Å²) in [6.07, 6.45) is 10.5. The largest absolute Gasteiger partial charge is 0.481 e. The fourth-order valence-corrected chi connectivity index (χ4v) is 4.39. The van der Waals surface area contributed by atoms with Crippen LogP contribution in [0.2, 0.25) is 0 Å². The van der Waals surface area contributed by atoms with Crippen LogP contribution in [0.5, 0.6) is 0 Å². The zero-order chi connectivity index (χ0) is 12.6. The van der Waals surface area contributed by atoms with E-state index in [9.17, 15) is 9.90 Å². The number of rotatable bonds is 4. The maximum atomic E-state index is 11.3. The van der Waals surface area contributed by atoms with Crippen molar-refractivity contribution in [2.45, 2.75) is 63.3 Å². The van der Waals surface area contributed by atoms with Crippen molar-refractivity contribution in [3.63, 3.8) is 0 Å². The molecule has 0 aromatic rings. The van der Waals surface area contributed by atoms with E-state index < -0.39 is 5.97 Å². The Morgan fingerprint density at radius 2 is 1.83 bits per heavy atom. The maximum Gasteiger partial charge on any atom is 0.305 e. The maximum absolute atomic E-state index is 11.3. The predicted octanol–water partition coefficient (Wildman–Crippen LogP) is 2.90. The van der Waals surface area contributed by atoms with Crippen LogP contribution < -0.4 is 0 Å². The van der Waals surface area contributed by atoms with E-state index in [1.165, 1.54) is 38.5 Å². The molecule has 0 aromatic carbocycles. The van der Waals surface area contributed by atoms with Gasteiger partial charge in [-0.25, -0.2) is 0 Å². The monoisotopic (exact) mass is 251 g/mol. The van der Waals surface area contributed by atoms with Crippen LogP contribution >= 0.6 is 0 Å². The summed E-state index contributed by atoms with van der Waals surface area (Å²) in [7, 11) is 0. The van der Waals surface area contributed by atoms with Crippen molar-refractivity contribution in [1.82, 2.24) is 4.90 Å². The van der Waals surface area contributed by atoms with Crippen molar-refractivity contribution in [3.8, 4) is 0 Å². The van der Waals surface area contributed by atoms with Crippen molar-refractivity contribution < 1.29 is 9.90 Å². The zero-order valence-corrected chi connectivity index (χ0v) is 11.2. The Morgan fingerprint density at radius 3 is 2.44 bits per heavy atom. The molecule has 2 aliphatic carbocycles. The van der Waals surface area contributed by atoms with E-state index in [0.717, 1.165) is 37.8 Å². The minimum Gasteiger partial charge on any atom is -0.481 e. The zero-order valence-electron chi connectivity index (χ0n) is 11.2. The molecule has 0 aromatic heterocycles. The molecule has 18 heavy (non-hydrogen) atoms. The van der Waals surface area contributed by atoms with Crippen LogP contribution in [0.25, 0.3) is 0 Å². The number of hydrogen-bond acceptors (Lipinski definition) is 2. The lowest BCUT2D eigenvalue weighted by Gasteiger charge is -2.47. The highest BCUT2D eigenvalue weighted by Gasteiger charge is 2.46. The predicted molar refractivity (Wildman–Crippen MR) is 70.5 cm³/mol. The molecule has 0 bridgehead atoms. The van der Waals surface area contributed by atoms with E-state index in [1.54, 1.807) is 0 Å². The van der Waals surface area contributed by atoms with Gasteiger partial charge in [0.1, 0.15) is 0 Å².